The van der Waals surface area contributed by atoms with E-state index < -0.39 is 11.9 Å². The number of hydrogen-bond donors (Lipinski definition) is 1. The molecule has 0 radical (unpaired) electrons. The lowest BCUT2D eigenvalue weighted by Crippen LogP contribution is -2.37. The Bertz CT molecular complexity index is 271. The van der Waals surface area contributed by atoms with Crippen molar-refractivity contribution >= 4 is 11.9 Å². The molecule has 0 fully saturated rings. The summed E-state index contributed by atoms with van der Waals surface area (Å²) in [6.07, 6.45) is 1.73. The smallest absolute Gasteiger partial charge is 0.308 e. The van der Waals surface area contributed by atoms with E-state index in [2.05, 4.69) is 0 Å². The van der Waals surface area contributed by atoms with Crippen molar-refractivity contribution in [1.29, 1.82) is 0 Å². The van der Waals surface area contributed by atoms with Gasteiger partial charge in [0.25, 0.3) is 0 Å². The van der Waals surface area contributed by atoms with E-state index in [-0.39, 0.29) is 12.5 Å². The zero-order valence-corrected chi connectivity index (χ0v) is 9.78. The number of carbonyl (C=O) groups is 2. The molecule has 0 aliphatic rings. The number of allylic oxidation sites excluding steroid dienone is 1. The van der Waals surface area contributed by atoms with Crippen LogP contribution in [0.5, 0.6) is 0 Å². The zero-order chi connectivity index (χ0) is 12.0. The number of amides is 1. The number of carboxylic acid groups (broad SMARTS) is 1. The number of hydrogen-bond acceptors (Lipinski definition) is 2. The van der Waals surface area contributed by atoms with Gasteiger partial charge < -0.3 is 10.0 Å². The van der Waals surface area contributed by atoms with E-state index in [1.54, 1.807) is 31.7 Å². The Morgan fingerprint density at radius 2 is 2.00 bits per heavy atom. The Morgan fingerprint density at radius 1 is 1.47 bits per heavy atom. The van der Waals surface area contributed by atoms with E-state index in [1.165, 1.54) is 0 Å². The minimum atomic E-state index is -0.876. The van der Waals surface area contributed by atoms with Crippen LogP contribution in [0, 0.1) is 5.92 Å². The number of carbonyl (C=O) groups excluding carboxylic acids is 1. The summed E-state index contributed by atoms with van der Waals surface area (Å²) in [7, 11) is 0. The van der Waals surface area contributed by atoms with E-state index in [4.69, 9.17) is 5.11 Å². The van der Waals surface area contributed by atoms with Gasteiger partial charge in [-0.2, -0.15) is 0 Å². The Morgan fingerprint density at radius 3 is 2.33 bits per heavy atom. The Kier molecular flexibility index (Phi) is 5.67. The third kappa shape index (κ3) is 4.14. The van der Waals surface area contributed by atoms with E-state index in [9.17, 15) is 9.59 Å². The minimum absolute atomic E-state index is 0.0897. The van der Waals surface area contributed by atoms with Crippen molar-refractivity contribution in [2.24, 2.45) is 5.92 Å². The molecule has 0 saturated carbocycles. The maximum absolute atomic E-state index is 11.7. The van der Waals surface area contributed by atoms with E-state index in [0.717, 1.165) is 0 Å². The highest BCUT2D eigenvalue weighted by atomic mass is 16.4. The summed E-state index contributed by atoms with van der Waals surface area (Å²) in [4.78, 5) is 23.9. The average molecular weight is 213 g/mol. The molecule has 1 atom stereocenters. The van der Waals surface area contributed by atoms with Crippen molar-refractivity contribution in [3.63, 3.8) is 0 Å². The molecular formula is C11H19NO3. The molecule has 0 aromatic rings. The van der Waals surface area contributed by atoms with Gasteiger partial charge in [0.05, 0.1) is 5.92 Å². The quantitative estimate of drug-likeness (QED) is 0.704. The van der Waals surface area contributed by atoms with E-state index in [0.29, 0.717) is 12.1 Å². The third-order valence-corrected chi connectivity index (χ3v) is 2.36. The van der Waals surface area contributed by atoms with Crippen LogP contribution in [0.1, 0.15) is 27.7 Å². The van der Waals surface area contributed by atoms with Crippen molar-refractivity contribution in [3.8, 4) is 0 Å². The first-order valence-corrected chi connectivity index (χ1v) is 5.09. The van der Waals surface area contributed by atoms with Gasteiger partial charge in [-0.05, 0) is 20.8 Å². The average Bonchev–Trinajstić information content (AvgIpc) is 2.23. The summed E-state index contributed by atoms with van der Waals surface area (Å²) in [5.41, 5.74) is 0.648. The van der Waals surface area contributed by atoms with Crippen LogP contribution in [0.3, 0.4) is 0 Å². The van der Waals surface area contributed by atoms with Gasteiger partial charge in [-0.25, -0.2) is 0 Å². The summed E-state index contributed by atoms with van der Waals surface area (Å²) in [6.45, 7) is 7.76. The van der Waals surface area contributed by atoms with Crippen LogP contribution in [0.2, 0.25) is 0 Å². The Hall–Kier alpha value is -1.32. The lowest BCUT2D eigenvalue weighted by Gasteiger charge is -2.23. The van der Waals surface area contributed by atoms with Gasteiger partial charge in [0.15, 0.2) is 0 Å². The van der Waals surface area contributed by atoms with Gasteiger partial charge in [-0.15, -0.1) is 0 Å². The van der Waals surface area contributed by atoms with Gasteiger partial charge in [0.2, 0.25) is 5.91 Å². The Labute approximate surface area is 90.6 Å². The molecule has 0 aromatic carbocycles. The lowest BCUT2D eigenvalue weighted by molar-refractivity contribution is -0.142. The SMILES string of the molecule is C/C=C(\C)C(=O)N(CC)CC(C)C(=O)O. The summed E-state index contributed by atoms with van der Waals surface area (Å²) >= 11 is 0. The Balaban J connectivity index is 4.51. The van der Waals surface area contributed by atoms with Crippen LogP contribution in [0.15, 0.2) is 11.6 Å². The molecule has 0 spiro atoms. The first kappa shape index (κ1) is 13.7. The summed E-state index contributed by atoms with van der Waals surface area (Å²) in [5.74, 6) is -1.49. The second-order valence-electron chi connectivity index (χ2n) is 3.55. The normalized spacial score (nSPS) is 13.5. The predicted molar refractivity (Wildman–Crippen MR) is 58.5 cm³/mol. The first-order chi connectivity index (χ1) is 6.93. The molecule has 0 aromatic heterocycles. The molecule has 1 amide bonds. The topological polar surface area (TPSA) is 57.6 Å². The first-order valence-electron chi connectivity index (χ1n) is 5.09. The molecule has 0 aliphatic carbocycles. The van der Waals surface area contributed by atoms with E-state index >= 15 is 0 Å². The fourth-order valence-corrected chi connectivity index (χ4v) is 1.14. The van der Waals surface area contributed by atoms with Crippen molar-refractivity contribution in [2.75, 3.05) is 13.1 Å². The van der Waals surface area contributed by atoms with Gasteiger partial charge >= 0.3 is 5.97 Å². The second-order valence-corrected chi connectivity index (χ2v) is 3.55. The molecule has 15 heavy (non-hydrogen) atoms. The van der Waals surface area contributed by atoms with Crippen LogP contribution in [0.25, 0.3) is 0 Å². The molecule has 1 unspecified atom stereocenters. The molecule has 86 valence electrons. The van der Waals surface area contributed by atoms with Gasteiger partial charge in [0, 0.05) is 18.7 Å². The molecule has 0 bridgehead atoms. The van der Waals surface area contributed by atoms with Gasteiger partial charge in [-0.3, -0.25) is 9.59 Å². The maximum atomic E-state index is 11.7. The van der Waals surface area contributed by atoms with Crippen LogP contribution in [-0.4, -0.2) is 35.0 Å². The third-order valence-electron chi connectivity index (χ3n) is 2.36. The van der Waals surface area contributed by atoms with Crippen molar-refractivity contribution in [2.45, 2.75) is 27.7 Å². The number of nitrogens with zero attached hydrogens (tertiary/aromatic N) is 1. The van der Waals surface area contributed by atoms with Crippen LogP contribution in [0.4, 0.5) is 0 Å². The second kappa shape index (κ2) is 6.22. The van der Waals surface area contributed by atoms with Crippen molar-refractivity contribution in [1.82, 2.24) is 4.90 Å². The molecule has 0 heterocycles. The van der Waals surface area contributed by atoms with Gasteiger partial charge in [-0.1, -0.05) is 13.0 Å². The highest BCUT2D eigenvalue weighted by molar-refractivity contribution is 5.93. The maximum Gasteiger partial charge on any atom is 0.308 e. The fraction of sp³-hybridized carbons (Fsp3) is 0.636. The minimum Gasteiger partial charge on any atom is -0.481 e. The summed E-state index contributed by atoms with van der Waals surface area (Å²) in [6, 6.07) is 0. The largest absolute Gasteiger partial charge is 0.481 e. The lowest BCUT2D eigenvalue weighted by atomic mass is 10.1. The molecule has 0 saturated heterocycles. The predicted octanol–water partition coefficient (Wildman–Crippen LogP) is 1.52. The highest BCUT2D eigenvalue weighted by Gasteiger charge is 2.19. The number of aliphatic carboxylic acids is 1. The molecule has 4 heteroatoms. The number of carboxylic acids is 1. The monoisotopic (exact) mass is 213 g/mol. The molecule has 1 N–H and O–H groups in total. The fourth-order valence-electron chi connectivity index (χ4n) is 1.14. The van der Waals surface area contributed by atoms with Crippen LogP contribution >= 0.6 is 0 Å². The molecular weight excluding hydrogens is 194 g/mol. The summed E-state index contributed by atoms with van der Waals surface area (Å²) in [5, 5.41) is 8.75. The van der Waals surface area contributed by atoms with Crippen molar-refractivity contribution < 1.29 is 14.7 Å². The molecule has 0 rings (SSSR count). The van der Waals surface area contributed by atoms with Gasteiger partial charge in [0.1, 0.15) is 0 Å². The highest BCUT2D eigenvalue weighted by Crippen LogP contribution is 2.05. The molecule has 4 nitrogen and oxygen atoms in total. The van der Waals surface area contributed by atoms with E-state index in [1.807, 2.05) is 6.92 Å². The molecule has 0 aliphatic heterocycles. The van der Waals surface area contributed by atoms with Crippen LogP contribution < -0.4 is 0 Å². The standard InChI is InChI=1S/C11H19NO3/c1-5-8(3)10(13)12(6-2)7-9(4)11(14)15/h5,9H,6-7H2,1-4H3,(H,14,15)/b8-5+. The number of rotatable bonds is 5. The summed E-state index contributed by atoms with van der Waals surface area (Å²) < 4.78 is 0. The zero-order valence-electron chi connectivity index (χ0n) is 9.78. The van der Waals surface area contributed by atoms with Crippen molar-refractivity contribution in [3.05, 3.63) is 11.6 Å². The van der Waals surface area contributed by atoms with Crippen LogP contribution in [-0.2, 0) is 9.59 Å². The number of likely N-dealkylation sites (N-methyl/N-ethyl adjacent to an activating group) is 1.